The van der Waals surface area contributed by atoms with Crippen LogP contribution in [0.5, 0.6) is 0 Å². The highest BCUT2D eigenvalue weighted by molar-refractivity contribution is 9.10. The summed E-state index contributed by atoms with van der Waals surface area (Å²) in [6, 6.07) is 22.0. The van der Waals surface area contributed by atoms with E-state index in [-0.39, 0.29) is 5.76 Å². The van der Waals surface area contributed by atoms with E-state index in [9.17, 15) is 5.11 Å². The molecule has 34 heavy (non-hydrogen) atoms. The Labute approximate surface area is 209 Å². The van der Waals surface area contributed by atoms with Gasteiger partial charge in [0.1, 0.15) is 10.8 Å². The van der Waals surface area contributed by atoms with Gasteiger partial charge in [0.25, 0.3) is 0 Å². The van der Waals surface area contributed by atoms with Crippen LogP contribution in [0.15, 0.2) is 106 Å². The fourth-order valence-corrected chi connectivity index (χ4v) is 4.92. The van der Waals surface area contributed by atoms with E-state index < -0.39 is 0 Å². The molecule has 0 amide bonds. The Hall–Kier alpha value is -3.62. The minimum absolute atomic E-state index is 0.141. The first-order valence-corrected chi connectivity index (χ1v) is 12.1. The number of nitrogens with two attached hydrogens (primary N) is 1. The second-order valence-corrected chi connectivity index (χ2v) is 9.55. The molecule has 0 bridgehead atoms. The lowest BCUT2D eigenvalue weighted by Gasteiger charge is -2.10. The highest BCUT2D eigenvalue weighted by atomic mass is 79.9. The van der Waals surface area contributed by atoms with E-state index in [2.05, 4.69) is 32.6 Å². The van der Waals surface area contributed by atoms with E-state index in [1.54, 1.807) is 10.7 Å². The molecule has 8 heteroatoms. The fourth-order valence-electron chi connectivity index (χ4n) is 3.60. The number of halogens is 1. The van der Waals surface area contributed by atoms with Crippen LogP contribution in [0.3, 0.4) is 0 Å². The smallest absolute Gasteiger partial charge is 0.166 e. The number of benzene rings is 2. The molecule has 168 valence electrons. The van der Waals surface area contributed by atoms with Crippen molar-refractivity contribution < 1.29 is 5.11 Å². The van der Waals surface area contributed by atoms with E-state index in [4.69, 9.17) is 10.7 Å². The molecule has 3 aromatic heterocycles. The number of pyridine rings is 1. The van der Waals surface area contributed by atoms with Gasteiger partial charge in [0.05, 0.1) is 22.1 Å². The zero-order valence-electron chi connectivity index (χ0n) is 18.0. The highest BCUT2D eigenvalue weighted by Crippen LogP contribution is 2.37. The van der Waals surface area contributed by atoms with Gasteiger partial charge in [-0.1, -0.05) is 66.9 Å². The van der Waals surface area contributed by atoms with Gasteiger partial charge in [-0.15, -0.1) is 0 Å². The number of nitrogen functional groups attached to an aromatic ring is 1. The lowest BCUT2D eigenvalue weighted by Crippen LogP contribution is -2.03. The molecule has 0 atom stereocenters. The van der Waals surface area contributed by atoms with Crippen LogP contribution >= 0.6 is 27.7 Å². The van der Waals surface area contributed by atoms with Crippen molar-refractivity contribution in [2.45, 2.75) is 16.3 Å². The minimum Gasteiger partial charge on any atom is -0.513 e. The van der Waals surface area contributed by atoms with Gasteiger partial charge in [0, 0.05) is 34.2 Å². The van der Waals surface area contributed by atoms with Crippen LogP contribution in [0.4, 0.5) is 5.82 Å². The third-order valence-electron chi connectivity index (χ3n) is 5.28. The van der Waals surface area contributed by atoms with Crippen LogP contribution in [-0.2, 0) is 6.42 Å². The Balaban J connectivity index is 1.49. The van der Waals surface area contributed by atoms with Crippen LogP contribution in [0.25, 0.3) is 28.0 Å². The molecule has 0 fully saturated rings. The maximum absolute atomic E-state index is 9.41. The maximum Gasteiger partial charge on any atom is 0.166 e. The van der Waals surface area contributed by atoms with Crippen molar-refractivity contribution in [3.05, 3.63) is 101 Å². The van der Waals surface area contributed by atoms with Gasteiger partial charge in [0.2, 0.25) is 0 Å². The van der Waals surface area contributed by atoms with E-state index in [0.717, 1.165) is 37.9 Å². The molecule has 0 saturated heterocycles. The second-order valence-electron chi connectivity index (χ2n) is 7.70. The largest absolute Gasteiger partial charge is 0.513 e. The number of anilines is 1. The summed E-state index contributed by atoms with van der Waals surface area (Å²) < 4.78 is 2.31. The quantitative estimate of drug-likeness (QED) is 0.191. The van der Waals surface area contributed by atoms with Gasteiger partial charge in [0.15, 0.2) is 5.65 Å². The topological polar surface area (TPSA) is 89.3 Å². The molecule has 3 heterocycles. The van der Waals surface area contributed by atoms with E-state index in [0.29, 0.717) is 22.4 Å². The summed E-state index contributed by atoms with van der Waals surface area (Å²) >= 11 is 5.08. The summed E-state index contributed by atoms with van der Waals surface area (Å²) in [6.45, 7) is 3.55. The number of hydrogen-bond acceptors (Lipinski definition) is 6. The normalized spacial score (nSPS) is 11.1. The molecule has 3 N–H and O–H groups in total. The number of aliphatic hydroxyl groups excluding tert-OH is 1. The van der Waals surface area contributed by atoms with Crippen LogP contribution < -0.4 is 5.73 Å². The Morgan fingerprint density at radius 1 is 1.00 bits per heavy atom. The van der Waals surface area contributed by atoms with Gasteiger partial charge in [-0.25, -0.2) is 4.98 Å². The standard InChI is InChI=1S/C26H20BrN5OS/c1-16(33)13-17-7-10-20(11-8-17)34-26-23(27)24(28)32-25(31-26)21(15-30-32)19-9-12-22(29-14-19)18-5-3-2-4-6-18/h2-12,14-15,33H,1,13,28H2. The number of allylic oxidation sites excluding steroid dienone is 1. The number of nitrogens with zero attached hydrogens (tertiary/aromatic N) is 4. The molecule has 0 saturated carbocycles. The molecule has 0 spiro atoms. The molecule has 5 aromatic rings. The Morgan fingerprint density at radius 3 is 2.44 bits per heavy atom. The molecular weight excluding hydrogens is 510 g/mol. The van der Waals surface area contributed by atoms with Crippen molar-refractivity contribution in [1.29, 1.82) is 0 Å². The summed E-state index contributed by atoms with van der Waals surface area (Å²) in [7, 11) is 0. The molecule has 6 nitrogen and oxygen atoms in total. The predicted molar refractivity (Wildman–Crippen MR) is 140 cm³/mol. The van der Waals surface area contributed by atoms with Gasteiger partial charge in [-0.2, -0.15) is 9.61 Å². The van der Waals surface area contributed by atoms with Gasteiger partial charge in [-0.05, 0) is 39.7 Å². The average Bonchev–Trinajstić information content (AvgIpc) is 3.28. The molecule has 0 aliphatic heterocycles. The van der Waals surface area contributed by atoms with Crippen LogP contribution in [-0.4, -0.2) is 24.7 Å². The van der Waals surface area contributed by atoms with E-state index >= 15 is 0 Å². The van der Waals surface area contributed by atoms with Crippen LogP contribution in [0, 0.1) is 0 Å². The third kappa shape index (κ3) is 4.42. The maximum atomic E-state index is 9.41. The van der Waals surface area contributed by atoms with Crippen molar-refractivity contribution in [3.63, 3.8) is 0 Å². The summed E-state index contributed by atoms with van der Waals surface area (Å²) in [5, 5.41) is 14.6. The molecule has 2 aromatic carbocycles. The van der Waals surface area contributed by atoms with Crippen LogP contribution in [0.1, 0.15) is 5.56 Å². The zero-order valence-corrected chi connectivity index (χ0v) is 20.4. The predicted octanol–water partition coefficient (Wildman–Crippen LogP) is 6.57. The van der Waals surface area contributed by atoms with Crippen molar-refractivity contribution in [1.82, 2.24) is 19.6 Å². The number of hydrogen-bond donors (Lipinski definition) is 2. The lowest BCUT2D eigenvalue weighted by atomic mass is 10.1. The number of aliphatic hydroxyl groups is 1. The highest BCUT2D eigenvalue weighted by Gasteiger charge is 2.17. The van der Waals surface area contributed by atoms with Crippen molar-refractivity contribution in [3.8, 4) is 22.4 Å². The summed E-state index contributed by atoms with van der Waals surface area (Å²) in [4.78, 5) is 10.5. The average molecular weight is 530 g/mol. The first kappa shape index (κ1) is 22.2. The molecule has 0 radical (unpaired) electrons. The zero-order chi connectivity index (χ0) is 23.7. The van der Waals surface area contributed by atoms with Crippen LogP contribution in [0.2, 0.25) is 0 Å². The van der Waals surface area contributed by atoms with E-state index in [1.807, 2.05) is 72.9 Å². The summed E-state index contributed by atoms with van der Waals surface area (Å²) in [5.41, 5.74) is 11.8. The molecule has 5 rings (SSSR count). The Morgan fingerprint density at radius 2 is 1.76 bits per heavy atom. The number of aromatic nitrogens is 4. The summed E-state index contributed by atoms with van der Waals surface area (Å²) in [6.07, 6.45) is 4.03. The van der Waals surface area contributed by atoms with Gasteiger partial charge >= 0.3 is 0 Å². The summed E-state index contributed by atoms with van der Waals surface area (Å²) in [5.74, 6) is 0.614. The monoisotopic (exact) mass is 529 g/mol. The third-order valence-corrected chi connectivity index (χ3v) is 7.32. The van der Waals surface area contributed by atoms with Crippen molar-refractivity contribution >= 4 is 39.2 Å². The molecule has 0 aliphatic rings. The Bertz CT molecular complexity index is 1480. The van der Waals surface area contributed by atoms with Crippen molar-refractivity contribution in [2.75, 3.05) is 5.73 Å². The fraction of sp³-hybridized carbons (Fsp3) is 0.0385. The first-order valence-electron chi connectivity index (χ1n) is 10.5. The lowest BCUT2D eigenvalue weighted by molar-refractivity contribution is 0.401. The second kappa shape index (κ2) is 9.32. The minimum atomic E-state index is 0.141. The number of rotatable bonds is 6. The SMILES string of the molecule is C=C(O)Cc1ccc(Sc2nc3c(-c4ccc(-c5ccccc5)nc4)cnn3c(N)c2Br)cc1. The van der Waals surface area contributed by atoms with Gasteiger partial charge in [-0.3, -0.25) is 4.98 Å². The molecule has 0 aliphatic carbocycles. The molecular formula is C26H20BrN5OS. The first-order chi connectivity index (χ1) is 16.5. The van der Waals surface area contributed by atoms with Gasteiger partial charge < -0.3 is 10.8 Å². The molecule has 0 unspecified atom stereocenters. The number of fused-ring (bicyclic) bond motifs is 1. The Kier molecular flexibility index (Phi) is 6.08. The van der Waals surface area contributed by atoms with Crippen molar-refractivity contribution in [2.24, 2.45) is 0 Å². The van der Waals surface area contributed by atoms with E-state index in [1.165, 1.54) is 11.8 Å².